The number of halogens is 1. The van der Waals surface area contributed by atoms with E-state index in [0.29, 0.717) is 5.92 Å². The van der Waals surface area contributed by atoms with Crippen LogP contribution in [0.15, 0.2) is 22.0 Å². The molecule has 1 N–H and O–H groups in total. The Kier molecular flexibility index (Phi) is 4.91. The summed E-state index contributed by atoms with van der Waals surface area (Å²) in [7, 11) is 0. The summed E-state index contributed by atoms with van der Waals surface area (Å²) in [5.74, 6) is 2.43. The van der Waals surface area contributed by atoms with Gasteiger partial charge in [-0.25, -0.2) is 9.97 Å². The number of hydrogen-bond donors (Lipinski definition) is 1. The van der Waals surface area contributed by atoms with Crippen LogP contribution in [-0.2, 0) is 0 Å². The van der Waals surface area contributed by atoms with Gasteiger partial charge in [-0.05, 0) is 41.3 Å². The van der Waals surface area contributed by atoms with Gasteiger partial charge in [0.1, 0.15) is 5.82 Å². The summed E-state index contributed by atoms with van der Waals surface area (Å²) in [6.07, 6.45) is 6.27. The van der Waals surface area contributed by atoms with E-state index >= 15 is 0 Å². The summed E-state index contributed by atoms with van der Waals surface area (Å²) >= 11 is 5.20. The molecule has 0 unspecified atom stereocenters. The molecule has 0 saturated heterocycles. The molecule has 21 heavy (non-hydrogen) atoms. The van der Waals surface area contributed by atoms with Crippen LogP contribution in [0.2, 0.25) is 0 Å². The molecule has 2 heterocycles. The molecule has 0 amide bonds. The van der Waals surface area contributed by atoms with Crippen molar-refractivity contribution in [2.75, 3.05) is 11.9 Å². The van der Waals surface area contributed by atoms with Crippen LogP contribution < -0.4 is 5.32 Å². The van der Waals surface area contributed by atoms with E-state index < -0.39 is 0 Å². The molecule has 0 aliphatic heterocycles. The highest BCUT2D eigenvalue weighted by atomic mass is 79.9. The molecule has 1 aliphatic rings. The van der Waals surface area contributed by atoms with Crippen LogP contribution in [0, 0.1) is 0 Å². The first-order valence-electron chi connectivity index (χ1n) is 7.63. The van der Waals surface area contributed by atoms with Gasteiger partial charge in [-0.3, -0.25) is 0 Å². The fourth-order valence-electron chi connectivity index (χ4n) is 2.78. The third-order valence-electron chi connectivity index (χ3n) is 3.86. The van der Waals surface area contributed by atoms with Gasteiger partial charge < -0.3 is 5.32 Å². The quantitative estimate of drug-likeness (QED) is 0.765. The summed E-state index contributed by atoms with van der Waals surface area (Å²) < 4.78 is 1.10. The molecule has 3 rings (SSSR count). The van der Waals surface area contributed by atoms with Gasteiger partial charge >= 0.3 is 0 Å². The first-order valence-corrected chi connectivity index (χ1v) is 9.31. The third kappa shape index (κ3) is 3.64. The van der Waals surface area contributed by atoms with Crippen LogP contribution in [0.25, 0.3) is 10.7 Å². The predicted octanol–water partition coefficient (Wildman–Crippen LogP) is 5.45. The van der Waals surface area contributed by atoms with E-state index in [4.69, 9.17) is 9.97 Å². The summed E-state index contributed by atoms with van der Waals surface area (Å²) in [4.78, 5) is 10.7. The van der Waals surface area contributed by atoms with Crippen LogP contribution in [0.4, 0.5) is 5.82 Å². The molecule has 0 radical (unpaired) electrons. The summed E-state index contributed by atoms with van der Waals surface area (Å²) in [6.45, 7) is 3.12. The second-order valence-electron chi connectivity index (χ2n) is 5.54. The molecule has 0 aromatic carbocycles. The van der Waals surface area contributed by atoms with Crippen molar-refractivity contribution in [1.29, 1.82) is 0 Å². The van der Waals surface area contributed by atoms with E-state index in [9.17, 15) is 0 Å². The Balaban J connectivity index is 1.95. The smallest absolute Gasteiger partial charge is 0.171 e. The average molecular weight is 366 g/mol. The highest BCUT2D eigenvalue weighted by Gasteiger charge is 2.20. The van der Waals surface area contributed by atoms with Crippen molar-refractivity contribution >= 4 is 33.1 Å². The Bertz CT molecular complexity index is 605. The maximum atomic E-state index is 4.85. The van der Waals surface area contributed by atoms with E-state index in [1.807, 2.05) is 0 Å². The van der Waals surface area contributed by atoms with Gasteiger partial charge in [0.25, 0.3) is 0 Å². The van der Waals surface area contributed by atoms with E-state index in [-0.39, 0.29) is 0 Å². The highest BCUT2D eigenvalue weighted by Crippen LogP contribution is 2.35. The summed E-state index contributed by atoms with van der Waals surface area (Å²) in [5.41, 5.74) is 1.21. The molecule has 5 heteroatoms. The lowest BCUT2D eigenvalue weighted by molar-refractivity contribution is 0.695. The molecule has 1 fully saturated rings. The Morgan fingerprint density at radius 3 is 2.76 bits per heavy atom. The molecule has 3 nitrogen and oxygen atoms in total. The third-order valence-corrected chi connectivity index (χ3v) is 5.55. The number of rotatable bonds is 5. The molecule has 0 bridgehead atoms. The fourth-order valence-corrected chi connectivity index (χ4v) is 4.14. The number of nitrogens with zero attached hydrogens (tertiary/aromatic N) is 2. The lowest BCUT2D eigenvalue weighted by atomic mass is 10.0. The maximum Gasteiger partial charge on any atom is 0.171 e. The monoisotopic (exact) mass is 365 g/mol. The number of anilines is 1. The number of aromatic nitrogens is 2. The van der Waals surface area contributed by atoms with E-state index in [0.717, 1.165) is 34.0 Å². The molecule has 2 aromatic heterocycles. The molecule has 1 aliphatic carbocycles. The lowest BCUT2D eigenvalue weighted by Gasteiger charge is -2.12. The zero-order valence-electron chi connectivity index (χ0n) is 12.2. The predicted molar refractivity (Wildman–Crippen MR) is 93.0 cm³/mol. The van der Waals surface area contributed by atoms with Gasteiger partial charge in [0, 0.05) is 34.1 Å². The van der Waals surface area contributed by atoms with Gasteiger partial charge in [-0.1, -0.05) is 19.8 Å². The van der Waals surface area contributed by atoms with Crippen LogP contribution in [0.3, 0.4) is 0 Å². The van der Waals surface area contributed by atoms with E-state index in [1.165, 1.54) is 31.4 Å². The molecule has 1 saturated carbocycles. The van der Waals surface area contributed by atoms with Crippen molar-refractivity contribution < 1.29 is 0 Å². The van der Waals surface area contributed by atoms with Crippen LogP contribution in [0.5, 0.6) is 0 Å². The number of thiophene rings is 1. The second kappa shape index (κ2) is 6.88. The van der Waals surface area contributed by atoms with Crippen LogP contribution in [-0.4, -0.2) is 16.5 Å². The zero-order chi connectivity index (χ0) is 14.7. The Hall–Kier alpha value is -0.940. The molecular weight excluding hydrogens is 346 g/mol. The van der Waals surface area contributed by atoms with Crippen LogP contribution in [0.1, 0.15) is 50.6 Å². The normalized spacial score (nSPS) is 15.5. The van der Waals surface area contributed by atoms with Crippen LogP contribution >= 0.6 is 27.3 Å². The van der Waals surface area contributed by atoms with Gasteiger partial charge in [0.05, 0.1) is 4.88 Å². The number of nitrogens with one attached hydrogen (secondary N) is 1. The molecule has 0 spiro atoms. The summed E-state index contributed by atoms with van der Waals surface area (Å²) in [6, 6.07) is 4.25. The molecular formula is C16H20BrN3S. The minimum atomic E-state index is 0.609. The fraction of sp³-hybridized carbons (Fsp3) is 0.500. The molecule has 0 atom stereocenters. The minimum Gasteiger partial charge on any atom is -0.370 e. The average Bonchev–Trinajstić information content (AvgIpc) is 3.16. The van der Waals surface area contributed by atoms with Crippen molar-refractivity contribution in [3.63, 3.8) is 0 Å². The molecule has 2 aromatic rings. The van der Waals surface area contributed by atoms with Crippen molar-refractivity contribution in [3.8, 4) is 10.7 Å². The number of hydrogen-bond acceptors (Lipinski definition) is 4. The first kappa shape index (κ1) is 15.0. The summed E-state index contributed by atoms with van der Waals surface area (Å²) in [5, 5.41) is 5.50. The topological polar surface area (TPSA) is 37.8 Å². The van der Waals surface area contributed by atoms with Gasteiger partial charge in [0.15, 0.2) is 5.82 Å². The maximum absolute atomic E-state index is 4.85. The standard InChI is InChI=1S/C16H20BrN3S/c1-2-7-18-15-9-13(11-5-3-4-6-11)19-16(20-15)14-8-12(17)10-21-14/h8-11H,2-7H2,1H3,(H,18,19,20). The Labute approximate surface area is 138 Å². The lowest BCUT2D eigenvalue weighted by Crippen LogP contribution is -2.07. The SMILES string of the molecule is CCCNc1cc(C2CCCC2)nc(-c2cc(Br)cs2)n1. The van der Waals surface area contributed by atoms with Crippen molar-refractivity contribution in [1.82, 2.24) is 9.97 Å². The van der Waals surface area contributed by atoms with Gasteiger partial charge in [0.2, 0.25) is 0 Å². The minimum absolute atomic E-state index is 0.609. The van der Waals surface area contributed by atoms with Crippen molar-refractivity contribution in [2.45, 2.75) is 44.9 Å². The Morgan fingerprint density at radius 2 is 2.10 bits per heavy atom. The molecule has 112 valence electrons. The highest BCUT2D eigenvalue weighted by molar-refractivity contribution is 9.10. The van der Waals surface area contributed by atoms with Gasteiger partial charge in [-0.2, -0.15) is 0 Å². The van der Waals surface area contributed by atoms with Crippen molar-refractivity contribution in [2.24, 2.45) is 0 Å². The Morgan fingerprint density at radius 1 is 1.29 bits per heavy atom. The van der Waals surface area contributed by atoms with Gasteiger partial charge in [-0.15, -0.1) is 11.3 Å². The van der Waals surface area contributed by atoms with E-state index in [2.05, 4.69) is 45.7 Å². The zero-order valence-corrected chi connectivity index (χ0v) is 14.6. The second-order valence-corrected chi connectivity index (χ2v) is 7.37. The first-order chi connectivity index (χ1) is 10.3. The van der Waals surface area contributed by atoms with E-state index in [1.54, 1.807) is 11.3 Å². The van der Waals surface area contributed by atoms with Crippen molar-refractivity contribution in [3.05, 3.63) is 27.7 Å². The largest absolute Gasteiger partial charge is 0.370 e.